The van der Waals surface area contributed by atoms with Gasteiger partial charge in [0.1, 0.15) is 0 Å². The molecule has 0 saturated carbocycles. The number of nitrogens with zero attached hydrogens (tertiary/aromatic N) is 2. The Kier molecular flexibility index (Phi) is 3.87. The predicted octanol–water partition coefficient (Wildman–Crippen LogP) is 3.01. The number of rotatable bonds is 5. The average Bonchev–Trinajstić information content (AvgIpc) is 2.87. The standard InChI is InChI=1S/C14H16N2O2/c1-3-7-12-15-14(18-16-12)10(2)13(17)11-8-5-4-6-9-11/h4-6,8-10H,3,7H2,1-2H3. The molecule has 0 aliphatic rings. The van der Waals surface area contributed by atoms with E-state index in [0.29, 0.717) is 17.3 Å². The summed E-state index contributed by atoms with van der Waals surface area (Å²) in [5, 5.41) is 3.86. The molecule has 0 aliphatic heterocycles. The number of aryl methyl sites for hydroxylation is 1. The van der Waals surface area contributed by atoms with Crippen molar-refractivity contribution in [3.63, 3.8) is 0 Å². The van der Waals surface area contributed by atoms with Crippen molar-refractivity contribution in [1.29, 1.82) is 0 Å². The molecule has 0 N–H and O–H groups in total. The summed E-state index contributed by atoms with van der Waals surface area (Å²) in [4.78, 5) is 16.4. The van der Waals surface area contributed by atoms with Gasteiger partial charge in [0.25, 0.3) is 0 Å². The number of hydrogen-bond donors (Lipinski definition) is 0. The van der Waals surface area contributed by atoms with Gasteiger partial charge < -0.3 is 4.52 Å². The van der Waals surface area contributed by atoms with Gasteiger partial charge in [-0.1, -0.05) is 42.4 Å². The molecule has 0 fully saturated rings. The number of benzene rings is 1. The third-order valence-electron chi connectivity index (χ3n) is 2.78. The molecular weight excluding hydrogens is 228 g/mol. The van der Waals surface area contributed by atoms with E-state index in [1.54, 1.807) is 19.1 Å². The van der Waals surface area contributed by atoms with Crippen LogP contribution in [-0.2, 0) is 6.42 Å². The lowest BCUT2D eigenvalue weighted by atomic mass is 9.99. The average molecular weight is 244 g/mol. The zero-order chi connectivity index (χ0) is 13.0. The summed E-state index contributed by atoms with van der Waals surface area (Å²) in [7, 11) is 0. The van der Waals surface area contributed by atoms with Crippen molar-refractivity contribution < 1.29 is 9.32 Å². The van der Waals surface area contributed by atoms with Crippen LogP contribution in [0, 0.1) is 0 Å². The molecular formula is C14H16N2O2. The first kappa shape index (κ1) is 12.5. The van der Waals surface area contributed by atoms with Crippen molar-refractivity contribution in [2.45, 2.75) is 32.6 Å². The minimum Gasteiger partial charge on any atom is -0.339 e. The molecule has 0 saturated heterocycles. The van der Waals surface area contributed by atoms with Gasteiger partial charge in [0.15, 0.2) is 11.6 Å². The third kappa shape index (κ3) is 2.64. The van der Waals surface area contributed by atoms with Crippen molar-refractivity contribution in [1.82, 2.24) is 10.1 Å². The molecule has 94 valence electrons. The van der Waals surface area contributed by atoms with E-state index < -0.39 is 5.92 Å². The molecule has 1 heterocycles. The maximum absolute atomic E-state index is 12.2. The molecule has 1 unspecified atom stereocenters. The van der Waals surface area contributed by atoms with Crippen LogP contribution in [0.25, 0.3) is 0 Å². The Hall–Kier alpha value is -1.97. The highest BCUT2D eigenvalue weighted by Crippen LogP contribution is 2.19. The first-order chi connectivity index (χ1) is 8.72. The Balaban J connectivity index is 2.15. The molecule has 18 heavy (non-hydrogen) atoms. The molecule has 0 amide bonds. The second kappa shape index (κ2) is 5.58. The molecule has 0 bridgehead atoms. The summed E-state index contributed by atoms with van der Waals surface area (Å²) in [5.41, 5.74) is 0.667. The number of ketones is 1. The van der Waals surface area contributed by atoms with E-state index in [4.69, 9.17) is 4.52 Å². The van der Waals surface area contributed by atoms with Gasteiger partial charge >= 0.3 is 0 Å². The van der Waals surface area contributed by atoms with Gasteiger partial charge in [0, 0.05) is 12.0 Å². The molecule has 2 rings (SSSR count). The van der Waals surface area contributed by atoms with Crippen LogP contribution in [0.3, 0.4) is 0 Å². The zero-order valence-corrected chi connectivity index (χ0v) is 10.6. The van der Waals surface area contributed by atoms with Crippen LogP contribution < -0.4 is 0 Å². The van der Waals surface area contributed by atoms with Gasteiger partial charge in [-0.15, -0.1) is 0 Å². The van der Waals surface area contributed by atoms with Crippen molar-refractivity contribution >= 4 is 5.78 Å². The Labute approximate surface area is 106 Å². The van der Waals surface area contributed by atoms with E-state index >= 15 is 0 Å². The summed E-state index contributed by atoms with van der Waals surface area (Å²) in [6, 6.07) is 9.16. The number of carbonyl (C=O) groups is 1. The molecule has 2 aromatic rings. The molecule has 4 heteroatoms. The Bertz CT molecular complexity index is 520. The number of aromatic nitrogens is 2. The molecule has 1 aromatic carbocycles. The minimum absolute atomic E-state index is 0.00213. The maximum atomic E-state index is 12.2. The maximum Gasteiger partial charge on any atom is 0.237 e. The van der Waals surface area contributed by atoms with E-state index in [1.165, 1.54) is 0 Å². The smallest absolute Gasteiger partial charge is 0.237 e. The van der Waals surface area contributed by atoms with Crippen LogP contribution in [-0.4, -0.2) is 15.9 Å². The van der Waals surface area contributed by atoms with Crippen molar-refractivity contribution in [2.24, 2.45) is 0 Å². The van der Waals surface area contributed by atoms with E-state index in [-0.39, 0.29) is 5.78 Å². The van der Waals surface area contributed by atoms with Gasteiger partial charge in [-0.2, -0.15) is 4.98 Å². The summed E-state index contributed by atoms with van der Waals surface area (Å²) < 4.78 is 5.14. The Morgan fingerprint density at radius 1 is 1.33 bits per heavy atom. The Morgan fingerprint density at radius 3 is 2.72 bits per heavy atom. The van der Waals surface area contributed by atoms with E-state index in [0.717, 1.165) is 12.8 Å². The van der Waals surface area contributed by atoms with Crippen LogP contribution in [0.1, 0.15) is 48.3 Å². The van der Waals surface area contributed by atoms with E-state index in [1.807, 2.05) is 18.2 Å². The number of hydrogen-bond acceptors (Lipinski definition) is 4. The lowest BCUT2D eigenvalue weighted by Crippen LogP contribution is -2.10. The fraction of sp³-hybridized carbons (Fsp3) is 0.357. The fourth-order valence-electron chi connectivity index (χ4n) is 1.73. The predicted molar refractivity (Wildman–Crippen MR) is 67.5 cm³/mol. The minimum atomic E-state index is -0.398. The molecule has 1 atom stereocenters. The van der Waals surface area contributed by atoms with Crippen molar-refractivity contribution in [3.8, 4) is 0 Å². The second-order valence-corrected chi connectivity index (χ2v) is 4.25. The van der Waals surface area contributed by atoms with Gasteiger partial charge in [0.2, 0.25) is 5.89 Å². The van der Waals surface area contributed by atoms with Gasteiger partial charge in [-0.25, -0.2) is 0 Å². The van der Waals surface area contributed by atoms with Crippen LogP contribution >= 0.6 is 0 Å². The van der Waals surface area contributed by atoms with Crippen LogP contribution in [0.5, 0.6) is 0 Å². The third-order valence-corrected chi connectivity index (χ3v) is 2.78. The van der Waals surface area contributed by atoms with Gasteiger partial charge in [-0.05, 0) is 13.3 Å². The highest BCUT2D eigenvalue weighted by Gasteiger charge is 2.22. The number of Topliss-reactive ketones (excluding diaryl/α,β-unsaturated/α-hetero) is 1. The monoisotopic (exact) mass is 244 g/mol. The highest BCUT2D eigenvalue weighted by molar-refractivity contribution is 6.00. The van der Waals surface area contributed by atoms with Gasteiger partial charge in [-0.3, -0.25) is 4.79 Å². The quantitative estimate of drug-likeness (QED) is 0.759. The summed E-state index contributed by atoms with van der Waals surface area (Å²) >= 11 is 0. The lowest BCUT2D eigenvalue weighted by molar-refractivity contribution is 0.0951. The SMILES string of the molecule is CCCc1noc(C(C)C(=O)c2ccccc2)n1. The molecule has 1 aromatic heterocycles. The molecule has 4 nitrogen and oxygen atoms in total. The van der Waals surface area contributed by atoms with Crippen LogP contribution in [0.15, 0.2) is 34.9 Å². The second-order valence-electron chi connectivity index (χ2n) is 4.25. The van der Waals surface area contributed by atoms with Crippen LogP contribution in [0.2, 0.25) is 0 Å². The molecule has 0 aliphatic carbocycles. The Morgan fingerprint density at radius 2 is 2.06 bits per heavy atom. The summed E-state index contributed by atoms with van der Waals surface area (Å²) in [5.74, 6) is 0.667. The summed E-state index contributed by atoms with van der Waals surface area (Å²) in [6.07, 6.45) is 1.73. The van der Waals surface area contributed by atoms with Crippen LogP contribution in [0.4, 0.5) is 0 Å². The van der Waals surface area contributed by atoms with Crippen molar-refractivity contribution in [3.05, 3.63) is 47.6 Å². The first-order valence-electron chi connectivity index (χ1n) is 6.14. The topological polar surface area (TPSA) is 56.0 Å². The molecule has 0 radical (unpaired) electrons. The van der Waals surface area contributed by atoms with Crippen molar-refractivity contribution in [2.75, 3.05) is 0 Å². The highest BCUT2D eigenvalue weighted by atomic mass is 16.5. The zero-order valence-electron chi connectivity index (χ0n) is 10.6. The van der Waals surface area contributed by atoms with E-state index in [9.17, 15) is 4.79 Å². The lowest BCUT2D eigenvalue weighted by Gasteiger charge is -2.04. The summed E-state index contributed by atoms with van der Waals surface area (Å²) in [6.45, 7) is 3.84. The van der Waals surface area contributed by atoms with Gasteiger partial charge in [0.05, 0.1) is 5.92 Å². The largest absolute Gasteiger partial charge is 0.339 e. The fourth-order valence-corrected chi connectivity index (χ4v) is 1.73. The first-order valence-corrected chi connectivity index (χ1v) is 6.14. The van der Waals surface area contributed by atoms with E-state index in [2.05, 4.69) is 17.1 Å². The molecule has 0 spiro atoms. The normalized spacial score (nSPS) is 12.3. The number of carbonyl (C=O) groups excluding carboxylic acids is 1.